The molecule has 1 rings (SSSR count). The van der Waals surface area contributed by atoms with Crippen molar-refractivity contribution in [3.8, 4) is 0 Å². The maximum atomic E-state index is 5.30. The Kier molecular flexibility index (Phi) is 6.22. The van der Waals surface area contributed by atoms with Crippen molar-refractivity contribution in [3.05, 3.63) is 0 Å². The first kappa shape index (κ1) is 12.9. The minimum atomic E-state index is 0.526. The van der Waals surface area contributed by atoms with Crippen molar-refractivity contribution in [2.24, 2.45) is 0 Å². The van der Waals surface area contributed by atoms with E-state index in [2.05, 4.69) is 24.2 Å². The maximum absolute atomic E-state index is 5.30. The van der Waals surface area contributed by atoms with E-state index in [0.29, 0.717) is 6.04 Å². The molecule has 0 saturated heterocycles. The van der Waals surface area contributed by atoms with Crippen molar-refractivity contribution < 1.29 is 4.74 Å². The Morgan fingerprint density at radius 3 is 2.60 bits per heavy atom. The highest BCUT2D eigenvalue weighted by molar-refractivity contribution is 4.81. The summed E-state index contributed by atoms with van der Waals surface area (Å²) in [5.41, 5.74) is 0. The van der Waals surface area contributed by atoms with Crippen LogP contribution in [0.25, 0.3) is 0 Å². The minimum Gasteiger partial charge on any atom is -0.383 e. The monoisotopic (exact) mass is 214 g/mol. The number of likely N-dealkylation sites (N-methyl/N-ethyl adjacent to an activating group) is 2. The summed E-state index contributed by atoms with van der Waals surface area (Å²) in [6.45, 7) is 5.06. The number of nitrogens with one attached hydrogen (secondary N) is 1. The van der Waals surface area contributed by atoms with Crippen molar-refractivity contribution in [3.63, 3.8) is 0 Å². The molecule has 0 aliphatic heterocycles. The van der Waals surface area contributed by atoms with Crippen LogP contribution in [0, 0.1) is 0 Å². The molecule has 1 unspecified atom stereocenters. The molecule has 0 aromatic rings. The minimum absolute atomic E-state index is 0.526. The molecule has 0 heterocycles. The van der Waals surface area contributed by atoms with Gasteiger partial charge in [0.1, 0.15) is 0 Å². The fourth-order valence-corrected chi connectivity index (χ4v) is 2.43. The third-order valence-electron chi connectivity index (χ3n) is 3.47. The SMILES string of the molecule is CCNCC(COC)N(C)C1CCCC1. The van der Waals surface area contributed by atoms with Crippen LogP contribution in [0.4, 0.5) is 0 Å². The van der Waals surface area contributed by atoms with Crippen LogP contribution in [0.1, 0.15) is 32.6 Å². The van der Waals surface area contributed by atoms with E-state index in [4.69, 9.17) is 4.74 Å². The zero-order valence-electron chi connectivity index (χ0n) is 10.5. The first-order valence-electron chi connectivity index (χ1n) is 6.21. The van der Waals surface area contributed by atoms with Crippen LogP contribution in [-0.4, -0.2) is 50.8 Å². The molecule has 0 radical (unpaired) electrons. The fourth-order valence-electron chi connectivity index (χ4n) is 2.43. The van der Waals surface area contributed by atoms with Gasteiger partial charge in [0.25, 0.3) is 0 Å². The highest BCUT2D eigenvalue weighted by atomic mass is 16.5. The normalized spacial score (nSPS) is 20.0. The second-order valence-electron chi connectivity index (χ2n) is 4.52. The summed E-state index contributed by atoms with van der Waals surface area (Å²) in [6, 6.07) is 1.31. The van der Waals surface area contributed by atoms with Crippen LogP contribution in [-0.2, 0) is 4.74 Å². The van der Waals surface area contributed by atoms with Crippen molar-refractivity contribution in [2.75, 3.05) is 33.9 Å². The smallest absolute Gasteiger partial charge is 0.0630 e. The molecular formula is C12H26N2O. The van der Waals surface area contributed by atoms with Crippen molar-refractivity contribution in [2.45, 2.75) is 44.7 Å². The summed E-state index contributed by atoms with van der Waals surface area (Å²) in [6.07, 6.45) is 5.53. The molecule has 0 aromatic carbocycles. The molecule has 1 aliphatic carbocycles. The van der Waals surface area contributed by atoms with Gasteiger partial charge >= 0.3 is 0 Å². The Labute approximate surface area is 94.2 Å². The third-order valence-corrected chi connectivity index (χ3v) is 3.47. The molecule has 1 saturated carbocycles. The summed E-state index contributed by atoms with van der Waals surface area (Å²) < 4.78 is 5.30. The van der Waals surface area contributed by atoms with Gasteiger partial charge in [-0.25, -0.2) is 0 Å². The van der Waals surface area contributed by atoms with E-state index in [1.165, 1.54) is 25.7 Å². The average Bonchev–Trinajstić information content (AvgIpc) is 2.76. The number of nitrogens with zero attached hydrogens (tertiary/aromatic N) is 1. The molecule has 90 valence electrons. The topological polar surface area (TPSA) is 24.5 Å². The van der Waals surface area contributed by atoms with E-state index in [1.54, 1.807) is 7.11 Å². The van der Waals surface area contributed by atoms with Gasteiger partial charge in [0.05, 0.1) is 6.61 Å². The van der Waals surface area contributed by atoms with Gasteiger partial charge in [-0.3, -0.25) is 4.90 Å². The first-order chi connectivity index (χ1) is 7.29. The molecule has 0 spiro atoms. The highest BCUT2D eigenvalue weighted by Crippen LogP contribution is 2.23. The Bertz CT molecular complexity index is 158. The van der Waals surface area contributed by atoms with Gasteiger partial charge in [-0.05, 0) is 26.4 Å². The summed E-state index contributed by atoms with van der Waals surface area (Å²) in [5.74, 6) is 0. The van der Waals surface area contributed by atoms with Crippen LogP contribution in [0.2, 0.25) is 0 Å². The van der Waals surface area contributed by atoms with E-state index in [-0.39, 0.29) is 0 Å². The van der Waals surface area contributed by atoms with E-state index >= 15 is 0 Å². The van der Waals surface area contributed by atoms with Gasteiger partial charge in [-0.1, -0.05) is 19.8 Å². The predicted molar refractivity (Wildman–Crippen MR) is 64.2 cm³/mol. The molecule has 1 fully saturated rings. The molecule has 0 bridgehead atoms. The van der Waals surface area contributed by atoms with Crippen LogP contribution >= 0.6 is 0 Å². The highest BCUT2D eigenvalue weighted by Gasteiger charge is 2.25. The second-order valence-corrected chi connectivity index (χ2v) is 4.52. The van der Waals surface area contributed by atoms with Crippen molar-refractivity contribution >= 4 is 0 Å². The van der Waals surface area contributed by atoms with Gasteiger partial charge in [0.2, 0.25) is 0 Å². The van der Waals surface area contributed by atoms with Crippen LogP contribution < -0.4 is 5.32 Å². The van der Waals surface area contributed by atoms with E-state index in [1.807, 2.05) is 0 Å². The lowest BCUT2D eigenvalue weighted by molar-refractivity contribution is 0.0809. The molecule has 3 heteroatoms. The number of hydrogen-bond acceptors (Lipinski definition) is 3. The van der Waals surface area contributed by atoms with Gasteiger partial charge in [0.15, 0.2) is 0 Å². The molecular weight excluding hydrogens is 188 g/mol. The predicted octanol–water partition coefficient (Wildman–Crippen LogP) is 1.49. The molecule has 15 heavy (non-hydrogen) atoms. The van der Waals surface area contributed by atoms with Crippen LogP contribution in [0.5, 0.6) is 0 Å². The third kappa shape index (κ3) is 4.09. The molecule has 0 aromatic heterocycles. The lowest BCUT2D eigenvalue weighted by Gasteiger charge is -2.32. The molecule has 1 aliphatic rings. The van der Waals surface area contributed by atoms with Crippen molar-refractivity contribution in [1.29, 1.82) is 0 Å². The Hall–Kier alpha value is -0.120. The number of ether oxygens (including phenoxy) is 1. The Morgan fingerprint density at radius 2 is 2.07 bits per heavy atom. The zero-order valence-corrected chi connectivity index (χ0v) is 10.5. The van der Waals surface area contributed by atoms with E-state index in [0.717, 1.165) is 25.7 Å². The quantitative estimate of drug-likeness (QED) is 0.695. The Balaban J connectivity index is 2.37. The maximum Gasteiger partial charge on any atom is 0.0630 e. The Morgan fingerprint density at radius 1 is 1.40 bits per heavy atom. The van der Waals surface area contributed by atoms with Gasteiger partial charge in [0, 0.05) is 25.7 Å². The molecule has 1 atom stereocenters. The summed E-state index contributed by atoms with van der Waals surface area (Å²) >= 11 is 0. The molecule has 0 amide bonds. The average molecular weight is 214 g/mol. The van der Waals surface area contributed by atoms with Gasteiger partial charge in [-0.2, -0.15) is 0 Å². The van der Waals surface area contributed by atoms with E-state index in [9.17, 15) is 0 Å². The zero-order chi connectivity index (χ0) is 11.1. The van der Waals surface area contributed by atoms with E-state index < -0.39 is 0 Å². The molecule has 3 nitrogen and oxygen atoms in total. The fraction of sp³-hybridized carbons (Fsp3) is 1.00. The van der Waals surface area contributed by atoms with Gasteiger partial charge < -0.3 is 10.1 Å². The second kappa shape index (κ2) is 7.20. The van der Waals surface area contributed by atoms with Crippen LogP contribution in [0.15, 0.2) is 0 Å². The van der Waals surface area contributed by atoms with Crippen LogP contribution in [0.3, 0.4) is 0 Å². The largest absolute Gasteiger partial charge is 0.383 e. The lowest BCUT2D eigenvalue weighted by atomic mass is 10.1. The first-order valence-corrected chi connectivity index (χ1v) is 6.21. The number of hydrogen-bond donors (Lipinski definition) is 1. The number of methoxy groups -OCH3 is 1. The molecule has 1 N–H and O–H groups in total. The lowest BCUT2D eigenvalue weighted by Crippen LogP contribution is -2.47. The van der Waals surface area contributed by atoms with Crippen molar-refractivity contribution in [1.82, 2.24) is 10.2 Å². The van der Waals surface area contributed by atoms with Gasteiger partial charge in [-0.15, -0.1) is 0 Å². The summed E-state index contributed by atoms with van der Waals surface area (Å²) in [7, 11) is 4.04. The summed E-state index contributed by atoms with van der Waals surface area (Å²) in [5, 5.41) is 3.42. The number of rotatable bonds is 7. The summed E-state index contributed by atoms with van der Waals surface area (Å²) in [4.78, 5) is 2.51. The standard InChI is InChI=1S/C12H26N2O/c1-4-13-9-12(10-15-3)14(2)11-7-5-6-8-11/h11-13H,4-10H2,1-3H3.